The van der Waals surface area contributed by atoms with Crippen molar-refractivity contribution >= 4 is 0 Å². The van der Waals surface area contributed by atoms with E-state index >= 15 is 0 Å². The van der Waals surface area contributed by atoms with Crippen molar-refractivity contribution in [2.45, 2.75) is 20.4 Å². The van der Waals surface area contributed by atoms with E-state index in [1.165, 1.54) is 6.08 Å². The highest BCUT2D eigenvalue weighted by Crippen LogP contribution is 2.24. The second kappa shape index (κ2) is 8.63. The van der Waals surface area contributed by atoms with E-state index in [1.807, 2.05) is 12.1 Å². The van der Waals surface area contributed by atoms with Crippen molar-refractivity contribution in [1.29, 1.82) is 0 Å². The van der Waals surface area contributed by atoms with Gasteiger partial charge in [0.1, 0.15) is 11.5 Å². The molecule has 0 radical (unpaired) electrons. The molecule has 1 N–H and O–H groups in total. The predicted molar refractivity (Wildman–Crippen MR) is 90.0 cm³/mol. The number of hydrogen-bond acceptors (Lipinski definition) is 5. The maximum absolute atomic E-state index is 11.1. The van der Waals surface area contributed by atoms with Crippen LogP contribution in [0.15, 0.2) is 53.9 Å². The van der Waals surface area contributed by atoms with Crippen LogP contribution in [0, 0.1) is 10.1 Å². The highest BCUT2D eigenvalue weighted by atomic mass is 16.6. The Hall–Kier alpha value is -2.76. The van der Waals surface area contributed by atoms with E-state index in [0.717, 1.165) is 5.56 Å². The van der Waals surface area contributed by atoms with Gasteiger partial charge in [-0.3, -0.25) is 10.1 Å². The van der Waals surface area contributed by atoms with E-state index in [2.05, 4.69) is 11.9 Å². The SMILES string of the molecule is C=C(/C=C(\C(C)=C/C)[N+](=O)[O-])NCc1ccc(OC)cc1OC. The third-order valence-electron chi connectivity index (χ3n) is 3.34. The van der Waals surface area contributed by atoms with Crippen LogP contribution < -0.4 is 14.8 Å². The number of hydrogen-bond donors (Lipinski definition) is 1. The lowest BCUT2D eigenvalue weighted by molar-refractivity contribution is -0.420. The Morgan fingerprint density at radius 2 is 2.09 bits per heavy atom. The summed E-state index contributed by atoms with van der Waals surface area (Å²) in [6.07, 6.45) is 3.11. The molecule has 23 heavy (non-hydrogen) atoms. The number of methoxy groups -OCH3 is 2. The van der Waals surface area contributed by atoms with E-state index in [-0.39, 0.29) is 5.70 Å². The lowest BCUT2D eigenvalue weighted by atomic mass is 10.1. The zero-order valence-corrected chi connectivity index (χ0v) is 13.9. The summed E-state index contributed by atoms with van der Waals surface area (Å²) in [6, 6.07) is 5.47. The first-order chi connectivity index (χ1) is 10.9. The Morgan fingerprint density at radius 3 is 2.61 bits per heavy atom. The fourth-order valence-corrected chi connectivity index (χ4v) is 1.88. The van der Waals surface area contributed by atoms with E-state index in [4.69, 9.17) is 9.47 Å². The smallest absolute Gasteiger partial charge is 0.274 e. The van der Waals surface area contributed by atoms with Crippen molar-refractivity contribution in [3.05, 3.63) is 69.6 Å². The summed E-state index contributed by atoms with van der Waals surface area (Å²) in [7, 11) is 3.16. The van der Waals surface area contributed by atoms with Gasteiger partial charge >= 0.3 is 0 Å². The third-order valence-corrected chi connectivity index (χ3v) is 3.34. The van der Waals surface area contributed by atoms with E-state index in [1.54, 1.807) is 40.2 Å². The number of rotatable bonds is 8. The topological polar surface area (TPSA) is 73.6 Å². The normalized spacial score (nSPS) is 11.8. The van der Waals surface area contributed by atoms with Gasteiger partial charge in [0.25, 0.3) is 5.70 Å². The van der Waals surface area contributed by atoms with Crippen LogP contribution >= 0.6 is 0 Å². The molecule has 0 aromatic heterocycles. The molecule has 0 atom stereocenters. The summed E-state index contributed by atoms with van der Waals surface area (Å²) in [5.74, 6) is 1.37. The fourth-order valence-electron chi connectivity index (χ4n) is 1.88. The zero-order valence-electron chi connectivity index (χ0n) is 13.9. The van der Waals surface area contributed by atoms with Gasteiger partial charge in [0.05, 0.1) is 19.1 Å². The molecule has 0 saturated carbocycles. The minimum absolute atomic E-state index is 0.0201. The average Bonchev–Trinajstić information content (AvgIpc) is 2.56. The number of benzene rings is 1. The Balaban J connectivity index is 2.85. The fraction of sp³-hybridized carbons (Fsp3) is 0.294. The molecule has 0 fully saturated rings. The van der Waals surface area contributed by atoms with E-state index in [9.17, 15) is 10.1 Å². The molecule has 0 aliphatic heterocycles. The van der Waals surface area contributed by atoms with Gasteiger partial charge in [-0.15, -0.1) is 0 Å². The molecule has 0 bridgehead atoms. The van der Waals surface area contributed by atoms with Crippen LogP contribution in [-0.2, 0) is 6.54 Å². The minimum atomic E-state index is -0.420. The molecule has 6 heteroatoms. The number of nitrogens with zero attached hydrogens (tertiary/aromatic N) is 1. The molecule has 0 heterocycles. The molecule has 0 unspecified atom stereocenters. The summed E-state index contributed by atoms with van der Waals surface area (Å²) >= 11 is 0. The quantitative estimate of drug-likeness (QED) is 0.451. The van der Waals surface area contributed by atoms with Crippen LogP contribution in [0.1, 0.15) is 19.4 Å². The summed E-state index contributed by atoms with van der Waals surface area (Å²) < 4.78 is 10.5. The molecule has 0 amide bonds. The average molecular weight is 318 g/mol. The Morgan fingerprint density at radius 1 is 1.39 bits per heavy atom. The molecule has 0 saturated heterocycles. The monoisotopic (exact) mass is 318 g/mol. The summed E-state index contributed by atoms with van der Waals surface area (Å²) in [4.78, 5) is 10.7. The molecular weight excluding hydrogens is 296 g/mol. The third kappa shape index (κ3) is 5.18. The van der Waals surface area contributed by atoms with Gasteiger partial charge in [0, 0.05) is 35.5 Å². The molecule has 0 aliphatic carbocycles. The number of nitro groups is 1. The first-order valence-electron chi connectivity index (χ1n) is 7.06. The summed E-state index contributed by atoms with van der Waals surface area (Å²) in [5, 5.41) is 14.1. The van der Waals surface area contributed by atoms with Crippen molar-refractivity contribution in [3.63, 3.8) is 0 Å². The lowest BCUT2D eigenvalue weighted by Gasteiger charge is -2.12. The maximum atomic E-state index is 11.1. The molecule has 1 rings (SSSR count). The van der Waals surface area contributed by atoms with Gasteiger partial charge in [0.15, 0.2) is 0 Å². The van der Waals surface area contributed by atoms with Crippen molar-refractivity contribution in [3.8, 4) is 11.5 Å². The van der Waals surface area contributed by atoms with Crippen molar-refractivity contribution in [1.82, 2.24) is 5.32 Å². The summed E-state index contributed by atoms with van der Waals surface area (Å²) in [6.45, 7) is 7.69. The van der Waals surface area contributed by atoms with Crippen LogP contribution in [0.3, 0.4) is 0 Å². The van der Waals surface area contributed by atoms with Crippen molar-refractivity contribution in [2.75, 3.05) is 14.2 Å². The van der Waals surface area contributed by atoms with Crippen molar-refractivity contribution < 1.29 is 14.4 Å². The molecule has 124 valence electrons. The van der Waals surface area contributed by atoms with E-state index < -0.39 is 4.92 Å². The Bertz CT molecular complexity index is 648. The first-order valence-corrected chi connectivity index (χ1v) is 7.06. The second-order valence-corrected chi connectivity index (χ2v) is 4.81. The first kappa shape index (κ1) is 18.3. The molecule has 0 aliphatic rings. The maximum Gasteiger partial charge on any atom is 0.274 e. The van der Waals surface area contributed by atoms with E-state index in [0.29, 0.717) is 29.3 Å². The highest BCUT2D eigenvalue weighted by Gasteiger charge is 2.13. The highest BCUT2D eigenvalue weighted by molar-refractivity contribution is 5.41. The van der Waals surface area contributed by atoms with Crippen LogP contribution in [0.4, 0.5) is 0 Å². The van der Waals surface area contributed by atoms with Gasteiger partial charge in [-0.25, -0.2) is 0 Å². The largest absolute Gasteiger partial charge is 0.497 e. The van der Waals surface area contributed by atoms with Gasteiger partial charge < -0.3 is 14.8 Å². The van der Waals surface area contributed by atoms with Crippen LogP contribution in [0.25, 0.3) is 0 Å². The molecule has 1 aromatic rings. The van der Waals surface area contributed by atoms with Gasteiger partial charge in [-0.05, 0) is 26.0 Å². The van der Waals surface area contributed by atoms with Crippen molar-refractivity contribution in [2.24, 2.45) is 0 Å². The standard InChI is InChI=1S/C17H22N2O4/c1-6-12(2)16(19(20)21)9-13(3)18-11-14-7-8-15(22-4)10-17(14)23-5/h6-10,18H,3,11H2,1-2,4-5H3/b12-6-,16-9+. The van der Waals surface area contributed by atoms with Gasteiger partial charge in [0.2, 0.25) is 0 Å². The van der Waals surface area contributed by atoms with Crippen LogP contribution in [-0.4, -0.2) is 19.1 Å². The number of ether oxygens (including phenoxy) is 2. The molecular formula is C17H22N2O4. The number of allylic oxidation sites excluding steroid dienone is 3. The molecule has 1 aromatic carbocycles. The second-order valence-electron chi connectivity index (χ2n) is 4.81. The Labute approximate surface area is 136 Å². The zero-order chi connectivity index (χ0) is 17.4. The molecule has 6 nitrogen and oxygen atoms in total. The predicted octanol–water partition coefficient (Wildman–Crippen LogP) is 3.43. The summed E-state index contributed by atoms with van der Waals surface area (Å²) in [5.41, 5.74) is 1.95. The van der Waals surface area contributed by atoms with Gasteiger partial charge in [-0.2, -0.15) is 0 Å². The molecule has 0 spiro atoms. The van der Waals surface area contributed by atoms with Crippen LogP contribution in [0.5, 0.6) is 11.5 Å². The lowest BCUT2D eigenvalue weighted by Crippen LogP contribution is -2.13. The Kier molecular flexibility index (Phi) is 6.86. The minimum Gasteiger partial charge on any atom is -0.497 e. The number of nitrogens with one attached hydrogen (secondary N) is 1. The van der Waals surface area contributed by atoms with Gasteiger partial charge in [-0.1, -0.05) is 12.7 Å². The van der Waals surface area contributed by atoms with Crippen LogP contribution in [0.2, 0.25) is 0 Å².